The van der Waals surface area contributed by atoms with Crippen LogP contribution in [0.1, 0.15) is 17.7 Å². The number of carbonyl (C=O) groups is 1. The summed E-state index contributed by atoms with van der Waals surface area (Å²) in [5.74, 6) is 0.603. The van der Waals surface area contributed by atoms with Gasteiger partial charge in [0.2, 0.25) is 5.91 Å². The molecule has 2 aliphatic rings. The molecular formula is C12H15NO2S. The maximum Gasteiger partial charge on any atom is 0.228 e. The van der Waals surface area contributed by atoms with Crippen molar-refractivity contribution in [2.45, 2.75) is 24.9 Å². The number of aliphatic hydroxyl groups is 1. The van der Waals surface area contributed by atoms with Crippen LogP contribution in [0.25, 0.3) is 0 Å². The standard InChI is InChI=1S/C12H15NO2S/c14-11(6-10-2-1-5-16-10)13-7-12(15,8-13)9-3-4-9/h1-2,5,9,15H,3-4,6-8H2. The van der Waals surface area contributed by atoms with Crippen LogP contribution in [0.4, 0.5) is 0 Å². The number of nitrogens with zero attached hydrogens (tertiary/aromatic N) is 1. The van der Waals surface area contributed by atoms with Gasteiger partial charge < -0.3 is 10.0 Å². The molecule has 3 rings (SSSR count). The quantitative estimate of drug-likeness (QED) is 0.860. The summed E-state index contributed by atoms with van der Waals surface area (Å²) < 4.78 is 0. The van der Waals surface area contributed by atoms with E-state index in [9.17, 15) is 9.90 Å². The van der Waals surface area contributed by atoms with Gasteiger partial charge in [-0.2, -0.15) is 0 Å². The Labute approximate surface area is 98.7 Å². The van der Waals surface area contributed by atoms with E-state index in [-0.39, 0.29) is 5.91 Å². The van der Waals surface area contributed by atoms with Crippen molar-refractivity contribution >= 4 is 17.2 Å². The van der Waals surface area contributed by atoms with Gasteiger partial charge in [-0.05, 0) is 30.2 Å². The molecule has 2 fully saturated rings. The Hall–Kier alpha value is -0.870. The van der Waals surface area contributed by atoms with Gasteiger partial charge in [-0.15, -0.1) is 11.3 Å². The Bertz CT molecular complexity index is 391. The molecule has 1 aromatic rings. The highest BCUT2D eigenvalue weighted by atomic mass is 32.1. The first-order valence-corrected chi connectivity index (χ1v) is 6.58. The molecule has 1 aliphatic carbocycles. The Morgan fingerprint density at radius 3 is 2.88 bits per heavy atom. The number of amides is 1. The predicted molar refractivity (Wildman–Crippen MR) is 62.3 cm³/mol. The van der Waals surface area contributed by atoms with E-state index < -0.39 is 5.60 Å². The van der Waals surface area contributed by atoms with E-state index in [1.807, 2.05) is 17.5 Å². The lowest BCUT2D eigenvalue weighted by atomic mass is 9.88. The van der Waals surface area contributed by atoms with Crippen LogP contribution < -0.4 is 0 Å². The lowest BCUT2D eigenvalue weighted by Crippen LogP contribution is -2.64. The third-order valence-corrected chi connectivity index (χ3v) is 4.40. The zero-order valence-corrected chi connectivity index (χ0v) is 9.87. The Morgan fingerprint density at radius 2 is 2.31 bits per heavy atom. The normalized spacial score (nSPS) is 22.9. The zero-order valence-electron chi connectivity index (χ0n) is 9.06. The van der Waals surface area contributed by atoms with E-state index in [2.05, 4.69) is 0 Å². The summed E-state index contributed by atoms with van der Waals surface area (Å²) in [5.41, 5.74) is -0.550. The van der Waals surface area contributed by atoms with Crippen molar-refractivity contribution in [3.05, 3.63) is 22.4 Å². The predicted octanol–water partition coefficient (Wildman–Crippen LogP) is 1.27. The first-order chi connectivity index (χ1) is 7.67. The molecule has 4 heteroatoms. The van der Waals surface area contributed by atoms with Gasteiger partial charge in [-0.3, -0.25) is 4.79 Å². The molecule has 0 unspecified atom stereocenters. The van der Waals surface area contributed by atoms with Gasteiger partial charge in [0.05, 0.1) is 19.5 Å². The van der Waals surface area contributed by atoms with Crippen LogP contribution in [-0.4, -0.2) is 34.6 Å². The van der Waals surface area contributed by atoms with Crippen LogP contribution in [0, 0.1) is 5.92 Å². The lowest BCUT2D eigenvalue weighted by Gasteiger charge is -2.47. The van der Waals surface area contributed by atoms with Gasteiger partial charge in [-0.1, -0.05) is 6.07 Å². The van der Waals surface area contributed by atoms with Crippen LogP contribution in [0.5, 0.6) is 0 Å². The highest BCUT2D eigenvalue weighted by Gasteiger charge is 2.53. The molecule has 0 bridgehead atoms. The van der Waals surface area contributed by atoms with E-state index >= 15 is 0 Å². The van der Waals surface area contributed by atoms with Crippen LogP contribution in [0.3, 0.4) is 0 Å². The van der Waals surface area contributed by atoms with Gasteiger partial charge in [0.1, 0.15) is 5.60 Å². The van der Waals surface area contributed by atoms with Gasteiger partial charge >= 0.3 is 0 Å². The molecule has 1 saturated carbocycles. The van der Waals surface area contributed by atoms with Crippen molar-refractivity contribution in [3.8, 4) is 0 Å². The maximum absolute atomic E-state index is 11.8. The molecule has 86 valence electrons. The van der Waals surface area contributed by atoms with Crippen LogP contribution in [0.15, 0.2) is 17.5 Å². The van der Waals surface area contributed by atoms with Crippen LogP contribution >= 0.6 is 11.3 Å². The van der Waals surface area contributed by atoms with Gasteiger partial charge in [0.25, 0.3) is 0 Å². The lowest BCUT2D eigenvalue weighted by molar-refractivity contribution is -0.158. The summed E-state index contributed by atoms with van der Waals surface area (Å²) >= 11 is 1.61. The molecule has 1 aromatic heterocycles. The largest absolute Gasteiger partial charge is 0.386 e. The summed E-state index contributed by atoms with van der Waals surface area (Å²) in [6.45, 7) is 1.09. The first kappa shape index (κ1) is 10.3. The minimum Gasteiger partial charge on any atom is -0.386 e. The fraction of sp³-hybridized carbons (Fsp3) is 0.583. The molecule has 0 aromatic carbocycles. The smallest absolute Gasteiger partial charge is 0.228 e. The molecule has 0 radical (unpaired) electrons. The highest BCUT2D eigenvalue weighted by Crippen LogP contribution is 2.44. The molecule has 0 atom stereocenters. The highest BCUT2D eigenvalue weighted by molar-refractivity contribution is 7.10. The van der Waals surface area contributed by atoms with Gasteiger partial charge in [0, 0.05) is 4.88 Å². The summed E-state index contributed by atoms with van der Waals surface area (Å²) in [5, 5.41) is 12.1. The van der Waals surface area contributed by atoms with E-state index in [0.29, 0.717) is 25.4 Å². The third-order valence-electron chi connectivity index (χ3n) is 3.52. The molecule has 1 N–H and O–H groups in total. The molecule has 1 saturated heterocycles. The van der Waals surface area contributed by atoms with Gasteiger partial charge in [0.15, 0.2) is 0 Å². The number of thiophene rings is 1. The minimum atomic E-state index is -0.550. The van der Waals surface area contributed by atoms with Gasteiger partial charge in [-0.25, -0.2) is 0 Å². The topological polar surface area (TPSA) is 40.5 Å². The number of hydrogen-bond acceptors (Lipinski definition) is 3. The van der Waals surface area contributed by atoms with Crippen molar-refractivity contribution in [2.24, 2.45) is 5.92 Å². The molecule has 1 amide bonds. The van der Waals surface area contributed by atoms with Crippen molar-refractivity contribution < 1.29 is 9.90 Å². The van der Waals surface area contributed by atoms with Crippen LogP contribution in [0.2, 0.25) is 0 Å². The van der Waals surface area contributed by atoms with Crippen molar-refractivity contribution in [1.29, 1.82) is 0 Å². The Morgan fingerprint density at radius 1 is 1.56 bits per heavy atom. The number of hydrogen-bond donors (Lipinski definition) is 1. The Balaban J connectivity index is 1.54. The third kappa shape index (κ3) is 1.76. The summed E-state index contributed by atoms with van der Waals surface area (Å²) in [6.07, 6.45) is 2.74. The summed E-state index contributed by atoms with van der Waals surface area (Å²) in [4.78, 5) is 14.7. The average Bonchev–Trinajstić information content (AvgIpc) is 2.94. The first-order valence-electron chi connectivity index (χ1n) is 5.70. The Kier molecular flexibility index (Phi) is 2.30. The zero-order chi connectivity index (χ0) is 11.2. The summed E-state index contributed by atoms with van der Waals surface area (Å²) in [7, 11) is 0. The van der Waals surface area contributed by atoms with Crippen molar-refractivity contribution in [1.82, 2.24) is 4.90 Å². The fourth-order valence-corrected chi connectivity index (χ4v) is 3.04. The average molecular weight is 237 g/mol. The number of likely N-dealkylation sites (tertiary alicyclic amines) is 1. The van der Waals surface area contributed by atoms with E-state index in [1.54, 1.807) is 16.2 Å². The number of carbonyl (C=O) groups excluding carboxylic acids is 1. The molecule has 16 heavy (non-hydrogen) atoms. The molecule has 1 aliphatic heterocycles. The van der Waals surface area contributed by atoms with E-state index in [0.717, 1.165) is 17.7 Å². The number of β-amino-alcohol motifs (C(OH)–C–C–N with tert-alkyl or cyclic N) is 1. The summed E-state index contributed by atoms with van der Waals surface area (Å²) in [6, 6.07) is 3.94. The SMILES string of the molecule is O=C(Cc1cccs1)N1CC(O)(C2CC2)C1. The van der Waals surface area contributed by atoms with Crippen molar-refractivity contribution in [3.63, 3.8) is 0 Å². The second kappa shape index (κ2) is 3.57. The monoisotopic (exact) mass is 237 g/mol. The van der Waals surface area contributed by atoms with Crippen LogP contribution in [-0.2, 0) is 11.2 Å². The maximum atomic E-state index is 11.8. The second-order valence-corrected chi connectivity index (χ2v) is 5.92. The molecular weight excluding hydrogens is 222 g/mol. The number of rotatable bonds is 3. The fourth-order valence-electron chi connectivity index (χ4n) is 2.34. The van der Waals surface area contributed by atoms with E-state index in [4.69, 9.17) is 0 Å². The molecule has 0 spiro atoms. The van der Waals surface area contributed by atoms with E-state index in [1.165, 1.54) is 0 Å². The molecule has 3 nitrogen and oxygen atoms in total. The minimum absolute atomic E-state index is 0.146. The second-order valence-electron chi connectivity index (χ2n) is 4.88. The molecule has 2 heterocycles. The van der Waals surface area contributed by atoms with Crippen molar-refractivity contribution in [2.75, 3.05) is 13.1 Å².